The van der Waals surface area contributed by atoms with Gasteiger partial charge in [-0.25, -0.2) is 4.39 Å². The second kappa shape index (κ2) is 8.35. The molecule has 0 saturated heterocycles. The molecule has 0 amide bonds. The first kappa shape index (κ1) is 18.2. The third-order valence-corrected chi connectivity index (χ3v) is 3.02. The minimum Gasteiger partial charge on any atom is -0.494 e. The van der Waals surface area contributed by atoms with Crippen molar-refractivity contribution in [2.45, 2.75) is 38.8 Å². The Balaban J connectivity index is 0.00000324. The zero-order chi connectivity index (χ0) is 13.7. The average molecular weight is 292 g/mol. The molecule has 0 heterocycles. The monoisotopic (exact) mass is 291 g/mol. The zero-order valence-electron chi connectivity index (χ0n) is 11.6. The standard InChI is InChI=1S/C14H22FNO2.ClH/c1-9(2)4-6-12(17)14(16)10-5-7-13(18-3)11(15)8-10;/h5,7-9,12,14,17H,4,6,16H2,1-3H3;1H/t12-,14+;/m1./s1. The quantitative estimate of drug-likeness (QED) is 0.847. The van der Waals surface area contributed by atoms with Crippen LogP contribution in [-0.2, 0) is 0 Å². The highest BCUT2D eigenvalue weighted by atomic mass is 35.5. The van der Waals surface area contributed by atoms with E-state index >= 15 is 0 Å². The van der Waals surface area contributed by atoms with Gasteiger partial charge in [-0.1, -0.05) is 19.9 Å². The molecule has 3 N–H and O–H groups in total. The number of methoxy groups -OCH3 is 1. The van der Waals surface area contributed by atoms with E-state index in [1.165, 1.54) is 19.2 Å². The summed E-state index contributed by atoms with van der Waals surface area (Å²) >= 11 is 0. The fraction of sp³-hybridized carbons (Fsp3) is 0.571. The van der Waals surface area contributed by atoms with E-state index in [4.69, 9.17) is 10.5 Å². The number of aliphatic hydroxyl groups is 1. The zero-order valence-corrected chi connectivity index (χ0v) is 12.4. The van der Waals surface area contributed by atoms with E-state index in [0.29, 0.717) is 17.9 Å². The van der Waals surface area contributed by atoms with Crippen LogP contribution in [0.1, 0.15) is 38.3 Å². The molecule has 19 heavy (non-hydrogen) atoms. The van der Waals surface area contributed by atoms with Crippen molar-refractivity contribution in [3.63, 3.8) is 0 Å². The van der Waals surface area contributed by atoms with Crippen molar-refractivity contribution in [1.29, 1.82) is 0 Å². The number of halogens is 2. The van der Waals surface area contributed by atoms with E-state index in [1.807, 2.05) is 0 Å². The molecule has 1 aromatic carbocycles. The molecule has 0 aliphatic heterocycles. The predicted molar refractivity (Wildman–Crippen MR) is 77.2 cm³/mol. The summed E-state index contributed by atoms with van der Waals surface area (Å²) in [6.45, 7) is 4.18. The summed E-state index contributed by atoms with van der Waals surface area (Å²) in [6.07, 6.45) is 0.861. The summed E-state index contributed by atoms with van der Waals surface area (Å²) in [6, 6.07) is 3.97. The molecule has 3 nitrogen and oxygen atoms in total. The van der Waals surface area contributed by atoms with Crippen molar-refractivity contribution in [2.75, 3.05) is 7.11 Å². The molecule has 0 unspecified atom stereocenters. The summed E-state index contributed by atoms with van der Waals surface area (Å²) < 4.78 is 18.4. The van der Waals surface area contributed by atoms with Crippen LogP contribution in [0.4, 0.5) is 4.39 Å². The van der Waals surface area contributed by atoms with Gasteiger partial charge in [-0.2, -0.15) is 0 Å². The van der Waals surface area contributed by atoms with Crippen LogP contribution in [-0.4, -0.2) is 18.3 Å². The summed E-state index contributed by atoms with van der Waals surface area (Å²) in [5, 5.41) is 9.96. The van der Waals surface area contributed by atoms with Crippen LogP contribution in [0.5, 0.6) is 5.75 Å². The lowest BCUT2D eigenvalue weighted by atomic mass is 9.96. The van der Waals surface area contributed by atoms with Crippen molar-refractivity contribution in [3.05, 3.63) is 29.6 Å². The van der Waals surface area contributed by atoms with Crippen molar-refractivity contribution in [3.8, 4) is 5.75 Å². The predicted octanol–water partition coefficient (Wildman–Crippen LogP) is 3.05. The second-order valence-corrected chi connectivity index (χ2v) is 4.96. The Bertz CT molecular complexity index is 388. The van der Waals surface area contributed by atoms with Gasteiger partial charge in [0.2, 0.25) is 0 Å². The number of ether oxygens (including phenoxy) is 1. The molecule has 2 atom stereocenters. The highest BCUT2D eigenvalue weighted by Crippen LogP contribution is 2.24. The van der Waals surface area contributed by atoms with Gasteiger partial charge in [0.1, 0.15) is 0 Å². The van der Waals surface area contributed by atoms with E-state index in [2.05, 4.69) is 13.8 Å². The summed E-state index contributed by atoms with van der Waals surface area (Å²) in [5.41, 5.74) is 6.52. The van der Waals surface area contributed by atoms with E-state index in [-0.39, 0.29) is 18.2 Å². The lowest BCUT2D eigenvalue weighted by Gasteiger charge is -2.20. The second-order valence-electron chi connectivity index (χ2n) is 4.96. The largest absolute Gasteiger partial charge is 0.494 e. The summed E-state index contributed by atoms with van der Waals surface area (Å²) in [5.74, 6) is 0.239. The van der Waals surface area contributed by atoms with Crippen LogP contribution < -0.4 is 10.5 Å². The van der Waals surface area contributed by atoms with E-state index in [0.717, 1.165) is 6.42 Å². The van der Waals surface area contributed by atoms with Gasteiger partial charge in [-0.05, 0) is 36.5 Å². The Hall–Kier alpha value is -0.840. The summed E-state index contributed by atoms with van der Waals surface area (Å²) in [4.78, 5) is 0. The van der Waals surface area contributed by atoms with Gasteiger partial charge < -0.3 is 15.6 Å². The molecule has 1 aromatic rings. The normalized spacial score (nSPS) is 13.8. The maximum Gasteiger partial charge on any atom is 0.165 e. The van der Waals surface area contributed by atoms with Gasteiger partial charge in [-0.15, -0.1) is 12.4 Å². The first-order chi connectivity index (χ1) is 8.45. The first-order valence-corrected chi connectivity index (χ1v) is 6.22. The molecule has 0 bridgehead atoms. The first-order valence-electron chi connectivity index (χ1n) is 6.22. The highest BCUT2D eigenvalue weighted by Gasteiger charge is 2.18. The fourth-order valence-corrected chi connectivity index (χ4v) is 1.80. The lowest BCUT2D eigenvalue weighted by molar-refractivity contribution is 0.128. The fourth-order valence-electron chi connectivity index (χ4n) is 1.80. The lowest BCUT2D eigenvalue weighted by Crippen LogP contribution is -2.26. The molecule has 0 aromatic heterocycles. The van der Waals surface area contributed by atoms with E-state index in [9.17, 15) is 9.50 Å². The SMILES string of the molecule is COc1ccc([C@H](N)[C@H](O)CCC(C)C)cc1F.Cl. The van der Waals surface area contributed by atoms with Crippen molar-refractivity contribution in [1.82, 2.24) is 0 Å². The van der Waals surface area contributed by atoms with Gasteiger partial charge >= 0.3 is 0 Å². The molecule has 0 spiro atoms. The maximum atomic E-state index is 13.5. The Labute approximate surface area is 120 Å². The minimum absolute atomic E-state index is 0. The number of nitrogens with two attached hydrogens (primary N) is 1. The van der Waals surface area contributed by atoms with Gasteiger partial charge in [0.15, 0.2) is 11.6 Å². The molecule has 0 aliphatic carbocycles. The van der Waals surface area contributed by atoms with Crippen LogP contribution in [0, 0.1) is 11.7 Å². The van der Waals surface area contributed by atoms with Crippen LogP contribution in [0.2, 0.25) is 0 Å². The van der Waals surface area contributed by atoms with Gasteiger partial charge in [0, 0.05) is 0 Å². The molecule has 0 aliphatic rings. The van der Waals surface area contributed by atoms with Gasteiger partial charge in [-0.3, -0.25) is 0 Å². The molecule has 0 saturated carbocycles. The van der Waals surface area contributed by atoms with E-state index < -0.39 is 18.0 Å². The maximum absolute atomic E-state index is 13.5. The highest BCUT2D eigenvalue weighted by molar-refractivity contribution is 5.85. The molecule has 5 heteroatoms. The summed E-state index contributed by atoms with van der Waals surface area (Å²) in [7, 11) is 1.41. The number of hydrogen-bond acceptors (Lipinski definition) is 3. The average Bonchev–Trinajstić information content (AvgIpc) is 2.34. The number of benzene rings is 1. The van der Waals surface area contributed by atoms with Crippen molar-refractivity contribution in [2.24, 2.45) is 11.7 Å². The van der Waals surface area contributed by atoms with Crippen LogP contribution in [0.3, 0.4) is 0 Å². The molecule has 0 radical (unpaired) electrons. The minimum atomic E-state index is -0.653. The van der Waals surface area contributed by atoms with E-state index in [1.54, 1.807) is 6.07 Å². The van der Waals surface area contributed by atoms with Crippen molar-refractivity contribution < 1.29 is 14.2 Å². The number of rotatable bonds is 6. The number of aliphatic hydroxyl groups excluding tert-OH is 1. The van der Waals surface area contributed by atoms with Gasteiger partial charge in [0.25, 0.3) is 0 Å². The molecule has 110 valence electrons. The third-order valence-electron chi connectivity index (χ3n) is 3.02. The molecular formula is C14H23ClFNO2. The Morgan fingerprint density at radius 1 is 1.32 bits per heavy atom. The van der Waals surface area contributed by atoms with Crippen LogP contribution >= 0.6 is 12.4 Å². The third kappa shape index (κ3) is 5.35. The van der Waals surface area contributed by atoms with Crippen LogP contribution in [0.15, 0.2) is 18.2 Å². The Kier molecular flexibility index (Phi) is 7.99. The van der Waals surface area contributed by atoms with Gasteiger partial charge in [0.05, 0.1) is 19.3 Å². The smallest absolute Gasteiger partial charge is 0.165 e. The Morgan fingerprint density at radius 2 is 1.95 bits per heavy atom. The number of hydrogen-bond donors (Lipinski definition) is 2. The molecular weight excluding hydrogens is 269 g/mol. The van der Waals surface area contributed by atoms with Crippen LogP contribution in [0.25, 0.3) is 0 Å². The van der Waals surface area contributed by atoms with Crippen molar-refractivity contribution >= 4 is 12.4 Å². The Morgan fingerprint density at radius 3 is 2.42 bits per heavy atom. The molecule has 0 fully saturated rings. The molecule has 1 rings (SSSR count). The topological polar surface area (TPSA) is 55.5 Å².